The van der Waals surface area contributed by atoms with Crippen LogP contribution >= 0.6 is 11.6 Å². The number of nitrogens with one attached hydrogen (secondary N) is 1. The van der Waals surface area contributed by atoms with Gasteiger partial charge in [0, 0.05) is 6.04 Å². The fourth-order valence-corrected chi connectivity index (χ4v) is 1.75. The maximum Gasteiger partial charge on any atom is 0.137 e. The van der Waals surface area contributed by atoms with Gasteiger partial charge in [-0.15, -0.1) is 0 Å². The van der Waals surface area contributed by atoms with Gasteiger partial charge in [0.05, 0.1) is 12.1 Å². The highest BCUT2D eigenvalue weighted by Crippen LogP contribution is 2.25. The average molecular weight is 254 g/mol. The molecule has 1 N–H and O–H groups in total. The summed E-state index contributed by atoms with van der Waals surface area (Å²) in [5, 5.41) is 4.04. The van der Waals surface area contributed by atoms with Crippen LogP contribution in [0.4, 0.5) is 0 Å². The van der Waals surface area contributed by atoms with Crippen molar-refractivity contribution in [1.29, 1.82) is 0 Å². The van der Waals surface area contributed by atoms with Crippen molar-refractivity contribution in [2.45, 2.75) is 26.3 Å². The Kier molecular flexibility index (Phi) is 6.09. The lowest BCUT2D eigenvalue weighted by atomic mass is 10.1. The summed E-state index contributed by atoms with van der Waals surface area (Å²) >= 11 is 6.05. The van der Waals surface area contributed by atoms with Crippen LogP contribution in [0, 0.1) is 0 Å². The van der Waals surface area contributed by atoms with Crippen molar-refractivity contribution in [3.63, 3.8) is 0 Å². The summed E-state index contributed by atoms with van der Waals surface area (Å²) in [4.78, 5) is 0. The normalized spacial score (nSPS) is 12.9. The fraction of sp³-hybridized carbons (Fsp3) is 0.429. The number of rotatable bonds is 6. The topological polar surface area (TPSA) is 21.3 Å². The molecule has 1 unspecified atom stereocenters. The van der Waals surface area contributed by atoms with Gasteiger partial charge < -0.3 is 10.1 Å². The standard InChI is InChI=1S/C14H20ClNO/c1-4-9-16-11(2)5-6-12-7-8-14(17-3)13(15)10-12/h5-8,10-11,16H,4,9H2,1-3H3/b6-5+. The van der Waals surface area contributed by atoms with Crippen molar-refractivity contribution in [3.8, 4) is 5.75 Å². The maximum absolute atomic E-state index is 6.05. The van der Waals surface area contributed by atoms with Crippen molar-refractivity contribution < 1.29 is 4.74 Å². The SMILES string of the molecule is CCCNC(C)/C=C/c1ccc(OC)c(Cl)c1. The van der Waals surface area contributed by atoms with Gasteiger partial charge in [0.1, 0.15) is 5.75 Å². The number of methoxy groups -OCH3 is 1. The van der Waals surface area contributed by atoms with Crippen molar-refractivity contribution in [3.05, 3.63) is 34.9 Å². The van der Waals surface area contributed by atoms with Gasteiger partial charge in [0.15, 0.2) is 0 Å². The third-order valence-corrected chi connectivity index (χ3v) is 2.76. The summed E-state index contributed by atoms with van der Waals surface area (Å²) in [5.74, 6) is 0.709. The van der Waals surface area contributed by atoms with Gasteiger partial charge in [0.25, 0.3) is 0 Å². The Morgan fingerprint density at radius 2 is 2.24 bits per heavy atom. The molecule has 0 aliphatic heterocycles. The second-order valence-electron chi connectivity index (χ2n) is 4.00. The molecule has 0 aromatic heterocycles. The van der Waals surface area contributed by atoms with Crippen molar-refractivity contribution in [1.82, 2.24) is 5.32 Å². The molecule has 1 atom stereocenters. The van der Waals surface area contributed by atoms with Crippen molar-refractivity contribution in [2.24, 2.45) is 0 Å². The predicted molar refractivity (Wildman–Crippen MR) is 74.8 cm³/mol. The first-order valence-electron chi connectivity index (χ1n) is 5.92. The van der Waals surface area contributed by atoms with Gasteiger partial charge in [-0.2, -0.15) is 0 Å². The van der Waals surface area contributed by atoms with Crippen LogP contribution in [0.5, 0.6) is 5.75 Å². The predicted octanol–water partition coefficient (Wildman–Crippen LogP) is 3.75. The first kappa shape index (κ1) is 14.1. The van der Waals surface area contributed by atoms with E-state index in [2.05, 4.69) is 31.3 Å². The van der Waals surface area contributed by atoms with Crippen LogP contribution in [0.2, 0.25) is 5.02 Å². The Labute approximate surface area is 109 Å². The van der Waals surface area contributed by atoms with Crippen LogP contribution in [0.25, 0.3) is 6.08 Å². The van der Waals surface area contributed by atoms with E-state index in [1.54, 1.807) is 7.11 Å². The molecule has 0 saturated heterocycles. The Hall–Kier alpha value is -0.990. The summed E-state index contributed by atoms with van der Waals surface area (Å²) < 4.78 is 5.11. The fourth-order valence-electron chi connectivity index (χ4n) is 1.48. The molecule has 1 aromatic rings. The zero-order valence-corrected chi connectivity index (χ0v) is 11.4. The molecule has 94 valence electrons. The summed E-state index contributed by atoms with van der Waals surface area (Å²) in [6.07, 6.45) is 5.35. The molecule has 0 saturated carbocycles. The minimum Gasteiger partial charge on any atom is -0.495 e. The van der Waals surface area contributed by atoms with Gasteiger partial charge in [-0.05, 0) is 37.6 Å². The minimum absolute atomic E-state index is 0.371. The lowest BCUT2D eigenvalue weighted by Crippen LogP contribution is -2.24. The summed E-state index contributed by atoms with van der Waals surface area (Å²) in [6, 6.07) is 6.15. The molecule has 1 aromatic carbocycles. The molecular formula is C14H20ClNO. The van der Waals surface area contributed by atoms with Crippen molar-refractivity contribution >= 4 is 17.7 Å². The van der Waals surface area contributed by atoms with E-state index in [9.17, 15) is 0 Å². The number of hydrogen-bond donors (Lipinski definition) is 1. The van der Waals surface area contributed by atoms with E-state index >= 15 is 0 Å². The Morgan fingerprint density at radius 1 is 1.47 bits per heavy atom. The van der Waals surface area contributed by atoms with E-state index in [0.29, 0.717) is 16.8 Å². The lowest BCUT2D eigenvalue weighted by molar-refractivity contribution is 0.415. The molecule has 0 heterocycles. The van der Waals surface area contributed by atoms with Crippen LogP contribution in [0.15, 0.2) is 24.3 Å². The molecule has 1 rings (SSSR count). The molecule has 0 bridgehead atoms. The van der Waals surface area contributed by atoms with Crippen LogP contribution < -0.4 is 10.1 Å². The number of ether oxygens (including phenoxy) is 1. The van der Waals surface area contributed by atoms with E-state index in [1.165, 1.54) is 0 Å². The van der Waals surface area contributed by atoms with Gasteiger partial charge >= 0.3 is 0 Å². The number of halogens is 1. The number of benzene rings is 1. The molecule has 3 heteroatoms. The van der Waals surface area contributed by atoms with E-state index < -0.39 is 0 Å². The second kappa shape index (κ2) is 7.36. The smallest absolute Gasteiger partial charge is 0.137 e. The average Bonchev–Trinajstić information content (AvgIpc) is 2.34. The maximum atomic E-state index is 6.05. The highest BCUT2D eigenvalue weighted by atomic mass is 35.5. The molecule has 0 radical (unpaired) electrons. The van der Waals surface area contributed by atoms with E-state index in [-0.39, 0.29) is 0 Å². The van der Waals surface area contributed by atoms with Gasteiger partial charge in [0.2, 0.25) is 0 Å². The minimum atomic E-state index is 0.371. The second-order valence-corrected chi connectivity index (χ2v) is 4.40. The molecule has 0 aliphatic rings. The Bertz CT molecular complexity index is 376. The first-order valence-corrected chi connectivity index (χ1v) is 6.30. The molecule has 0 fully saturated rings. The third kappa shape index (κ3) is 4.80. The van der Waals surface area contributed by atoms with Crippen LogP contribution in [-0.2, 0) is 0 Å². The van der Waals surface area contributed by atoms with Crippen LogP contribution in [0.3, 0.4) is 0 Å². The van der Waals surface area contributed by atoms with Gasteiger partial charge in [-0.1, -0.05) is 36.7 Å². The molecular weight excluding hydrogens is 234 g/mol. The monoisotopic (exact) mass is 253 g/mol. The van der Waals surface area contributed by atoms with E-state index in [1.807, 2.05) is 18.2 Å². The summed E-state index contributed by atoms with van der Waals surface area (Å²) in [7, 11) is 1.62. The lowest BCUT2D eigenvalue weighted by Gasteiger charge is -2.08. The van der Waals surface area contributed by atoms with Crippen molar-refractivity contribution in [2.75, 3.05) is 13.7 Å². The van der Waals surface area contributed by atoms with Gasteiger partial charge in [-0.3, -0.25) is 0 Å². The largest absolute Gasteiger partial charge is 0.495 e. The van der Waals surface area contributed by atoms with E-state index in [4.69, 9.17) is 16.3 Å². The molecule has 2 nitrogen and oxygen atoms in total. The zero-order chi connectivity index (χ0) is 12.7. The first-order chi connectivity index (χ1) is 8.17. The third-order valence-electron chi connectivity index (χ3n) is 2.47. The van der Waals surface area contributed by atoms with Crippen LogP contribution in [0.1, 0.15) is 25.8 Å². The molecule has 17 heavy (non-hydrogen) atoms. The quantitative estimate of drug-likeness (QED) is 0.834. The molecule has 0 aliphatic carbocycles. The molecule has 0 amide bonds. The highest BCUT2D eigenvalue weighted by Gasteiger charge is 2.00. The Balaban J connectivity index is 2.62. The van der Waals surface area contributed by atoms with Gasteiger partial charge in [-0.25, -0.2) is 0 Å². The Morgan fingerprint density at radius 3 is 2.82 bits per heavy atom. The summed E-state index contributed by atoms with van der Waals surface area (Å²) in [5.41, 5.74) is 1.08. The zero-order valence-electron chi connectivity index (χ0n) is 10.7. The number of hydrogen-bond acceptors (Lipinski definition) is 2. The van der Waals surface area contributed by atoms with Crippen LogP contribution in [-0.4, -0.2) is 19.7 Å². The van der Waals surface area contributed by atoms with E-state index in [0.717, 1.165) is 18.5 Å². The summed E-state index contributed by atoms with van der Waals surface area (Å²) in [6.45, 7) is 5.33. The highest BCUT2D eigenvalue weighted by molar-refractivity contribution is 6.32. The molecule has 0 spiro atoms.